The van der Waals surface area contributed by atoms with Gasteiger partial charge >= 0.3 is 5.97 Å². The van der Waals surface area contributed by atoms with Gasteiger partial charge in [0.2, 0.25) is 0 Å². The van der Waals surface area contributed by atoms with Gasteiger partial charge in [-0.05, 0) is 25.2 Å². The van der Waals surface area contributed by atoms with Gasteiger partial charge in [-0.3, -0.25) is 4.79 Å². The second-order valence-electron chi connectivity index (χ2n) is 7.21. The van der Waals surface area contributed by atoms with Crippen molar-refractivity contribution >= 4 is 5.97 Å². The maximum atomic E-state index is 11.6. The summed E-state index contributed by atoms with van der Waals surface area (Å²) in [6.07, 6.45) is 12.3. The summed E-state index contributed by atoms with van der Waals surface area (Å²) in [6.45, 7) is 9.82. The van der Waals surface area contributed by atoms with Gasteiger partial charge in [0.05, 0.1) is 19.8 Å². The highest BCUT2D eigenvalue weighted by Crippen LogP contribution is 2.08. The van der Waals surface area contributed by atoms with Gasteiger partial charge in [0.25, 0.3) is 0 Å². The molecule has 0 aromatic heterocycles. The molecule has 25 heavy (non-hydrogen) atoms. The molecule has 0 saturated heterocycles. The molecule has 0 spiro atoms. The summed E-state index contributed by atoms with van der Waals surface area (Å²) in [6, 6.07) is 0. The first kappa shape index (κ1) is 24.4. The van der Waals surface area contributed by atoms with Crippen LogP contribution in [0.15, 0.2) is 0 Å². The second kappa shape index (κ2) is 19.7. The summed E-state index contributed by atoms with van der Waals surface area (Å²) in [5, 5.41) is 0. The lowest BCUT2D eigenvalue weighted by Gasteiger charge is -2.07. The van der Waals surface area contributed by atoms with Crippen molar-refractivity contribution in [1.82, 2.24) is 0 Å². The Labute approximate surface area is 156 Å². The van der Waals surface area contributed by atoms with Crippen LogP contribution in [0.4, 0.5) is 0 Å². The van der Waals surface area contributed by atoms with Gasteiger partial charge in [-0.25, -0.2) is 0 Å². The Morgan fingerprint density at radius 3 is 1.96 bits per heavy atom. The molecule has 0 atom stereocenters. The van der Waals surface area contributed by atoms with Gasteiger partial charge in [-0.1, -0.05) is 65.7 Å². The maximum absolute atomic E-state index is 11.6. The third-order valence-electron chi connectivity index (χ3n) is 4.14. The molecular weight excluding hydrogens is 316 g/mol. The lowest BCUT2D eigenvalue weighted by atomic mass is 10.1. The first-order valence-electron chi connectivity index (χ1n) is 10.5. The number of carbonyl (C=O) groups excluding carboxylic acids is 1. The number of carbonyl (C=O) groups is 1. The van der Waals surface area contributed by atoms with Crippen LogP contribution >= 0.6 is 0 Å². The first-order valence-corrected chi connectivity index (χ1v) is 10.5. The molecule has 0 aromatic rings. The molecule has 0 bridgehead atoms. The van der Waals surface area contributed by atoms with Crippen LogP contribution in [0, 0.1) is 5.92 Å². The van der Waals surface area contributed by atoms with E-state index in [1.165, 1.54) is 44.9 Å². The van der Waals surface area contributed by atoms with Crippen molar-refractivity contribution in [1.29, 1.82) is 0 Å². The third-order valence-corrected chi connectivity index (χ3v) is 4.14. The summed E-state index contributed by atoms with van der Waals surface area (Å²) in [5.74, 6) is 0.581. The van der Waals surface area contributed by atoms with Crippen molar-refractivity contribution in [3.8, 4) is 0 Å². The van der Waals surface area contributed by atoms with Gasteiger partial charge < -0.3 is 14.2 Å². The number of unbranched alkanes of at least 4 members (excludes halogenated alkanes) is 7. The maximum Gasteiger partial charge on any atom is 0.305 e. The van der Waals surface area contributed by atoms with Gasteiger partial charge in [-0.15, -0.1) is 0 Å². The number of hydrogen-bond acceptors (Lipinski definition) is 4. The summed E-state index contributed by atoms with van der Waals surface area (Å²) < 4.78 is 16.2. The van der Waals surface area contributed by atoms with E-state index in [0.29, 0.717) is 38.8 Å². The molecule has 150 valence electrons. The van der Waals surface area contributed by atoms with Gasteiger partial charge in [0.1, 0.15) is 0 Å². The fraction of sp³-hybridized carbons (Fsp3) is 0.952. The van der Waals surface area contributed by atoms with Crippen molar-refractivity contribution in [2.75, 3.05) is 33.0 Å². The van der Waals surface area contributed by atoms with Crippen molar-refractivity contribution in [3.63, 3.8) is 0 Å². The van der Waals surface area contributed by atoms with E-state index in [2.05, 4.69) is 20.8 Å². The first-order chi connectivity index (χ1) is 12.2. The quantitative estimate of drug-likeness (QED) is 0.225. The van der Waals surface area contributed by atoms with E-state index >= 15 is 0 Å². The Morgan fingerprint density at radius 1 is 0.720 bits per heavy atom. The fourth-order valence-corrected chi connectivity index (χ4v) is 2.45. The van der Waals surface area contributed by atoms with E-state index < -0.39 is 0 Å². The molecule has 0 heterocycles. The molecular formula is C21H42O4. The smallest absolute Gasteiger partial charge is 0.305 e. The number of hydrogen-bond donors (Lipinski definition) is 0. The van der Waals surface area contributed by atoms with Crippen LogP contribution in [0.25, 0.3) is 0 Å². The third kappa shape index (κ3) is 21.3. The van der Waals surface area contributed by atoms with Gasteiger partial charge in [0, 0.05) is 19.6 Å². The molecule has 0 aliphatic rings. The number of esters is 1. The highest BCUT2D eigenvalue weighted by atomic mass is 16.5. The van der Waals surface area contributed by atoms with Crippen LogP contribution in [-0.4, -0.2) is 39.0 Å². The summed E-state index contributed by atoms with van der Waals surface area (Å²) in [7, 11) is 0. The van der Waals surface area contributed by atoms with Crippen molar-refractivity contribution in [2.45, 2.75) is 91.4 Å². The zero-order chi connectivity index (χ0) is 18.6. The normalized spacial score (nSPS) is 11.2. The molecule has 0 radical (unpaired) electrons. The van der Waals surface area contributed by atoms with E-state index in [0.717, 1.165) is 25.9 Å². The molecule has 0 amide bonds. The highest BCUT2D eigenvalue weighted by Gasteiger charge is 2.02. The summed E-state index contributed by atoms with van der Waals surface area (Å²) in [4.78, 5) is 11.6. The standard InChI is InChI=1S/C21H42O4/c1-4-5-6-7-8-9-10-11-16-25-21(22)13-12-15-23-18-19-24-17-14-20(2)3/h20H,4-19H2,1-3H3. The molecule has 0 unspecified atom stereocenters. The average Bonchev–Trinajstić information content (AvgIpc) is 2.58. The van der Waals surface area contributed by atoms with E-state index in [1.54, 1.807) is 0 Å². The largest absolute Gasteiger partial charge is 0.466 e. The molecule has 0 saturated carbocycles. The van der Waals surface area contributed by atoms with Gasteiger partial charge in [-0.2, -0.15) is 0 Å². The van der Waals surface area contributed by atoms with E-state index in [-0.39, 0.29) is 5.97 Å². The number of ether oxygens (including phenoxy) is 3. The van der Waals surface area contributed by atoms with Crippen LogP contribution in [0.3, 0.4) is 0 Å². The van der Waals surface area contributed by atoms with Crippen LogP contribution in [-0.2, 0) is 19.0 Å². The minimum atomic E-state index is -0.0975. The molecule has 4 nitrogen and oxygen atoms in total. The van der Waals surface area contributed by atoms with Crippen LogP contribution in [0.2, 0.25) is 0 Å². The predicted octanol–water partition coefficient (Wildman–Crippen LogP) is 5.53. The predicted molar refractivity (Wildman–Crippen MR) is 104 cm³/mol. The van der Waals surface area contributed by atoms with E-state index in [4.69, 9.17) is 14.2 Å². The van der Waals surface area contributed by atoms with E-state index in [1.807, 2.05) is 0 Å². The Kier molecular flexibility index (Phi) is 19.2. The molecule has 0 aliphatic heterocycles. The molecule has 0 rings (SSSR count). The van der Waals surface area contributed by atoms with Crippen LogP contribution in [0.5, 0.6) is 0 Å². The lowest BCUT2D eigenvalue weighted by molar-refractivity contribution is -0.144. The summed E-state index contributed by atoms with van der Waals surface area (Å²) in [5.41, 5.74) is 0. The monoisotopic (exact) mass is 358 g/mol. The van der Waals surface area contributed by atoms with Gasteiger partial charge in [0.15, 0.2) is 0 Å². The Morgan fingerprint density at radius 2 is 1.32 bits per heavy atom. The highest BCUT2D eigenvalue weighted by molar-refractivity contribution is 5.69. The van der Waals surface area contributed by atoms with Crippen molar-refractivity contribution < 1.29 is 19.0 Å². The number of rotatable bonds is 19. The van der Waals surface area contributed by atoms with Crippen molar-refractivity contribution in [3.05, 3.63) is 0 Å². The molecule has 0 aliphatic carbocycles. The van der Waals surface area contributed by atoms with Crippen LogP contribution in [0.1, 0.15) is 91.4 Å². The zero-order valence-corrected chi connectivity index (χ0v) is 17.0. The Bertz CT molecular complexity index is 279. The second-order valence-corrected chi connectivity index (χ2v) is 7.21. The average molecular weight is 359 g/mol. The Balaban J connectivity index is 3.16. The molecule has 0 fully saturated rings. The molecule has 4 heteroatoms. The van der Waals surface area contributed by atoms with Crippen molar-refractivity contribution in [2.24, 2.45) is 5.92 Å². The minimum Gasteiger partial charge on any atom is -0.466 e. The molecule has 0 N–H and O–H groups in total. The fourth-order valence-electron chi connectivity index (χ4n) is 2.45. The minimum absolute atomic E-state index is 0.0975. The SMILES string of the molecule is CCCCCCCCCCOC(=O)CCCOCCOCCC(C)C. The lowest BCUT2D eigenvalue weighted by Crippen LogP contribution is -2.10. The van der Waals surface area contributed by atoms with Crippen LogP contribution < -0.4 is 0 Å². The molecule has 0 aromatic carbocycles. The summed E-state index contributed by atoms with van der Waals surface area (Å²) >= 11 is 0. The Hall–Kier alpha value is -0.610. The van der Waals surface area contributed by atoms with E-state index in [9.17, 15) is 4.79 Å². The zero-order valence-electron chi connectivity index (χ0n) is 17.0. The topological polar surface area (TPSA) is 44.8 Å².